The van der Waals surface area contributed by atoms with E-state index >= 15 is 0 Å². The van der Waals surface area contributed by atoms with Crippen molar-refractivity contribution in [3.05, 3.63) is 0 Å². The third-order valence-corrected chi connectivity index (χ3v) is 3.13. The zero-order valence-electron chi connectivity index (χ0n) is 11.3. The van der Waals surface area contributed by atoms with Gasteiger partial charge in [-0.1, -0.05) is 0 Å². The van der Waals surface area contributed by atoms with E-state index in [4.69, 9.17) is 5.11 Å². The van der Waals surface area contributed by atoms with Gasteiger partial charge in [0.25, 0.3) is 0 Å². The van der Waals surface area contributed by atoms with Gasteiger partial charge >= 0.3 is 12.0 Å². The molecule has 0 aromatic rings. The van der Waals surface area contributed by atoms with Crippen LogP contribution in [0.25, 0.3) is 0 Å². The molecule has 108 valence electrons. The first-order chi connectivity index (χ1) is 8.97. The van der Waals surface area contributed by atoms with E-state index in [1.807, 2.05) is 0 Å². The molecule has 0 radical (unpaired) electrons. The third kappa shape index (κ3) is 4.11. The van der Waals surface area contributed by atoms with Gasteiger partial charge < -0.3 is 20.6 Å². The van der Waals surface area contributed by atoms with Gasteiger partial charge in [-0.25, -0.2) is 9.59 Å². The van der Waals surface area contributed by atoms with E-state index in [1.54, 1.807) is 13.8 Å². The van der Waals surface area contributed by atoms with E-state index in [2.05, 4.69) is 10.6 Å². The summed E-state index contributed by atoms with van der Waals surface area (Å²) in [5.41, 5.74) is 0. The number of carboxylic acids is 1. The van der Waals surface area contributed by atoms with Gasteiger partial charge in [0.15, 0.2) is 0 Å². The molecule has 1 rings (SSSR count). The fraction of sp³-hybridized carbons (Fsp3) is 0.750. The Morgan fingerprint density at radius 3 is 2.63 bits per heavy atom. The molecule has 0 saturated carbocycles. The number of nitrogens with one attached hydrogen (secondary N) is 2. The largest absolute Gasteiger partial charge is 0.480 e. The predicted octanol–water partition coefficient (Wildman–Crippen LogP) is 0.160. The fourth-order valence-electron chi connectivity index (χ4n) is 2.09. The highest BCUT2D eigenvalue weighted by atomic mass is 16.4. The van der Waals surface area contributed by atoms with E-state index in [9.17, 15) is 14.4 Å². The number of carbonyl (C=O) groups is 3. The molecule has 2 unspecified atom stereocenters. The molecule has 1 aliphatic rings. The van der Waals surface area contributed by atoms with Crippen LogP contribution in [0.1, 0.15) is 33.1 Å². The number of piperidine rings is 1. The number of likely N-dealkylation sites (tertiary alicyclic amines) is 1. The predicted molar refractivity (Wildman–Crippen MR) is 68.7 cm³/mol. The van der Waals surface area contributed by atoms with Gasteiger partial charge in [0.1, 0.15) is 12.1 Å². The van der Waals surface area contributed by atoms with Crippen molar-refractivity contribution < 1.29 is 19.5 Å². The van der Waals surface area contributed by atoms with E-state index in [0.29, 0.717) is 19.5 Å². The zero-order valence-corrected chi connectivity index (χ0v) is 11.3. The van der Waals surface area contributed by atoms with Crippen molar-refractivity contribution in [2.75, 3.05) is 13.1 Å². The molecule has 7 heteroatoms. The van der Waals surface area contributed by atoms with E-state index < -0.39 is 24.1 Å². The Morgan fingerprint density at radius 1 is 1.37 bits per heavy atom. The number of amides is 3. The van der Waals surface area contributed by atoms with E-state index in [1.165, 1.54) is 4.90 Å². The average Bonchev–Trinajstić information content (AvgIpc) is 2.38. The lowest BCUT2D eigenvalue weighted by Gasteiger charge is -2.33. The molecular formula is C12H21N3O4. The minimum atomic E-state index is -1.000. The average molecular weight is 271 g/mol. The van der Waals surface area contributed by atoms with E-state index in [0.717, 1.165) is 12.8 Å². The molecule has 1 heterocycles. The van der Waals surface area contributed by atoms with Crippen molar-refractivity contribution in [2.24, 2.45) is 0 Å². The standard InChI is InChI=1S/C12H21N3O4/c1-3-13-10(16)8(2)14-12(19)15-7-5-4-6-9(15)11(17)18/h8-9H,3-7H2,1-2H3,(H,13,16)(H,14,19)(H,17,18). The van der Waals surface area contributed by atoms with Crippen LogP contribution in [0, 0.1) is 0 Å². The summed E-state index contributed by atoms with van der Waals surface area (Å²) in [4.78, 5) is 35.9. The maximum Gasteiger partial charge on any atom is 0.326 e. The highest BCUT2D eigenvalue weighted by Crippen LogP contribution is 2.17. The fourth-order valence-corrected chi connectivity index (χ4v) is 2.09. The molecule has 1 saturated heterocycles. The highest BCUT2D eigenvalue weighted by molar-refractivity contribution is 5.88. The Kier molecular flexibility index (Phi) is 5.59. The minimum Gasteiger partial charge on any atom is -0.480 e. The van der Waals surface area contributed by atoms with Crippen LogP contribution in [0.3, 0.4) is 0 Å². The summed E-state index contributed by atoms with van der Waals surface area (Å²) in [7, 11) is 0. The first kappa shape index (κ1) is 15.3. The summed E-state index contributed by atoms with van der Waals surface area (Å²) >= 11 is 0. The van der Waals surface area contributed by atoms with Gasteiger partial charge in [0.05, 0.1) is 0 Å². The second-order valence-electron chi connectivity index (χ2n) is 4.61. The summed E-state index contributed by atoms with van der Waals surface area (Å²) < 4.78 is 0. The smallest absolute Gasteiger partial charge is 0.326 e. The Balaban J connectivity index is 2.60. The molecule has 2 atom stereocenters. The Labute approximate surface area is 112 Å². The van der Waals surface area contributed by atoms with Crippen LogP contribution in [0.15, 0.2) is 0 Å². The van der Waals surface area contributed by atoms with Crippen molar-refractivity contribution in [1.29, 1.82) is 0 Å². The topological polar surface area (TPSA) is 98.7 Å². The first-order valence-corrected chi connectivity index (χ1v) is 6.55. The molecule has 0 aromatic heterocycles. The van der Waals surface area contributed by atoms with Gasteiger partial charge in [0, 0.05) is 13.1 Å². The summed E-state index contributed by atoms with van der Waals surface area (Å²) in [6, 6.07) is -1.97. The van der Waals surface area contributed by atoms with Crippen LogP contribution in [0.5, 0.6) is 0 Å². The number of rotatable bonds is 4. The molecule has 0 aliphatic carbocycles. The summed E-state index contributed by atoms with van der Waals surface area (Å²) in [5, 5.41) is 14.2. The molecule has 1 aliphatic heterocycles. The quantitative estimate of drug-likeness (QED) is 0.678. The van der Waals surface area contributed by atoms with Crippen molar-refractivity contribution in [2.45, 2.75) is 45.2 Å². The molecule has 0 spiro atoms. The monoisotopic (exact) mass is 271 g/mol. The number of likely N-dealkylation sites (N-methyl/N-ethyl adjacent to an activating group) is 1. The van der Waals surface area contributed by atoms with E-state index in [-0.39, 0.29) is 5.91 Å². The van der Waals surface area contributed by atoms with Gasteiger partial charge in [0.2, 0.25) is 5.91 Å². The molecule has 3 N–H and O–H groups in total. The van der Waals surface area contributed by atoms with Gasteiger partial charge in [-0.2, -0.15) is 0 Å². The number of urea groups is 1. The summed E-state index contributed by atoms with van der Waals surface area (Å²) in [6.45, 7) is 4.26. The number of carbonyl (C=O) groups excluding carboxylic acids is 2. The normalized spacial score (nSPS) is 20.5. The highest BCUT2D eigenvalue weighted by Gasteiger charge is 2.32. The Bertz CT molecular complexity index is 359. The number of aliphatic carboxylic acids is 1. The Morgan fingerprint density at radius 2 is 2.05 bits per heavy atom. The number of hydrogen-bond donors (Lipinski definition) is 3. The molecule has 1 fully saturated rings. The van der Waals surface area contributed by atoms with Crippen LogP contribution < -0.4 is 10.6 Å². The number of carboxylic acid groups (broad SMARTS) is 1. The third-order valence-electron chi connectivity index (χ3n) is 3.13. The SMILES string of the molecule is CCNC(=O)C(C)NC(=O)N1CCCCC1C(=O)O. The van der Waals surface area contributed by atoms with Crippen molar-refractivity contribution >= 4 is 17.9 Å². The maximum absolute atomic E-state index is 12.0. The van der Waals surface area contributed by atoms with Gasteiger partial charge in [-0.3, -0.25) is 4.79 Å². The van der Waals surface area contributed by atoms with Crippen LogP contribution >= 0.6 is 0 Å². The van der Waals surface area contributed by atoms with Crippen LogP contribution in [-0.2, 0) is 9.59 Å². The van der Waals surface area contributed by atoms with Crippen LogP contribution in [0.4, 0.5) is 4.79 Å². The molecule has 0 aromatic carbocycles. The Hall–Kier alpha value is -1.79. The molecule has 3 amide bonds. The van der Waals surface area contributed by atoms with Crippen molar-refractivity contribution in [3.63, 3.8) is 0 Å². The summed E-state index contributed by atoms with van der Waals surface area (Å²) in [6.07, 6.45) is 2.04. The second kappa shape index (κ2) is 6.96. The number of hydrogen-bond acceptors (Lipinski definition) is 3. The zero-order chi connectivity index (χ0) is 14.4. The lowest BCUT2D eigenvalue weighted by Crippen LogP contribution is -2.55. The van der Waals surface area contributed by atoms with Crippen molar-refractivity contribution in [1.82, 2.24) is 15.5 Å². The first-order valence-electron chi connectivity index (χ1n) is 6.55. The lowest BCUT2D eigenvalue weighted by molar-refractivity contribution is -0.143. The minimum absolute atomic E-state index is 0.278. The van der Waals surface area contributed by atoms with Gasteiger partial charge in [-0.05, 0) is 33.1 Å². The van der Waals surface area contributed by atoms with Crippen LogP contribution in [0.2, 0.25) is 0 Å². The molecule has 0 bridgehead atoms. The van der Waals surface area contributed by atoms with Crippen molar-refractivity contribution in [3.8, 4) is 0 Å². The van der Waals surface area contributed by atoms with Crippen LogP contribution in [-0.4, -0.2) is 53.1 Å². The number of nitrogens with zero attached hydrogens (tertiary/aromatic N) is 1. The lowest BCUT2D eigenvalue weighted by atomic mass is 10.0. The molecular weight excluding hydrogens is 250 g/mol. The molecule has 7 nitrogen and oxygen atoms in total. The maximum atomic E-state index is 12.0. The summed E-state index contributed by atoms with van der Waals surface area (Å²) in [5.74, 6) is -1.28. The molecule has 19 heavy (non-hydrogen) atoms. The van der Waals surface area contributed by atoms with Gasteiger partial charge in [-0.15, -0.1) is 0 Å². The second-order valence-corrected chi connectivity index (χ2v) is 4.61.